The van der Waals surface area contributed by atoms with Gasteiger partial charge < -0.3 is 10.2 Å². The van der Waals surface area contributed by atoms with E-state index in [1.807, 2.05) is 0 Å². The molecule has 2 aromatic carbocycles. The van der Waals surface area contributed by atoms with E-state index in [4.69, 9.17) is 0 Å². The van der Waals surface area contributed by atoms with E-state index in [9.17, 15) is 24.6 Å². The van der Waals surface area contributed by atoms with Crippen molar-refractivity contribution in [2.75, 3.05) is 4.90 Å². The van der Waals surface area contributed by atoms with E-state index in [-0.39, 0.29) is 17.7 Å². The molecule has 3 N–H and O–H groups in total. The molecule has 0 spiro atoms. The number of amides is 1. The van der Waals surface area contributed by atoms with Crippen LogP contribution in [0.25, 0.3) is 10.9 Å². The molecule has 0 aliphatic carbocycles. The smallest absolute Gasteiger partial charge is 0.326 e. The lowest BCUT2D eigenvalue weighted by molar-refractivity contribution is -0.144. The second-order valence-electron chi connectivity index (χ2n) is 8.82. The van der Waals surface area contributed by atoms with Crippen molar-refractivity contribution in [3.05, 3.63) is 70.8 Å². The zero-order chi connectivity index (χ0) is 22.8. The van der Waals surface area contributed by atoms with E-state index in [0.717, 1.165) is 4.57 Å². The molecule has 3 aromatic rings. The van der Waals surface area contributed by atoms with E-state index >= 15 is 0 Å². The summed E-state index contributed by atoms with van der Waals surface area (Å²) >= 11 is 0. The molecule has 0 saturated carbocycles. The van der Waals surface area contributed by atoms with Gasteiger partial charge in [0.15, 0.2) is 0 Å². The standard InChI is InChI=1S/C23H22N4O5/c1-22(2)21(31)27-16-10-6-4-8-14(16)23(32,20(27)25-22)11-17(19(29)30)26-12-24-15-9-5-3-7-13(15)18(26)28/h3-10,12,17,20,25,32H,11H2,1-2H3,(H,29,30)/t17-,20+,23+/m0/s1. The van der Waals surface area contributed by atoms with Crippen molar-refractivity contribution in [1.82, 2.24) is 14.9 Å². The highest BCUT2D eigenvalue weighted by atomic mass is 16.4. The SMILES string of the molecule is CC1(C)N[C@@H]2N(C1=O)c1ccccc1[C@]2(O)C[C@@H](C(=O)O)n1cnc2ccccc2c1=O. The lowest BCUT2D eigenvalue weighted by atomic mass is 9.86. The van der Waals surface area contributed by atoms with Crippen molar-refractivity contribution < 1.29 is 19.8 Å². The van der Waals surface area contributed by atoms with Gasteiger partial charge in [0, 0.05) is 12.0 Å². The third kappa shape index (κ3) is 2.71. The molecule has 3 atom stereocenters. The van der Waals surface area contributed by atoms with E-state index in [1.165, 1.54) is 11.2 Å². The number of carboxylic acids is 1. The Morgan fingerprint density at radius 2 is 1.84 bits per heavy atom. The maximum atomic E-state index is 13.1. The second kappa shape index (κ2) is 6.72. The molecule has 1 saturated heterocycles. The van der Waals surface area contributed by atoms with Crippen molar-refractivity contribution in [1.29, 1.82) is 0 Å². The normalized spacial score (nSPS) is 24.4. The number of aliphatic hydroxyl groups is 1. The predicted molar refractivity (Wildman–Crippen MR) is 116 cm³/mol. The Balaban J connectivity index is 1.64. The van der Waals surface area contributed by atoms with Crippen LogP contribution in [0.4, 0.5) is 5.69 Å². The highest BCUT2D eigenvalue weighted by molar-refractivity contribution is 6.05. The quantitative estimate of drug-likeness (QED) is 0.566. The van der Waals surface area contributed by atoms with Crippen molar-refractivity contribution in [2.24, 2.45) is 0 Å². The van der Waals surface area contributed by atoms with Gasteiger partial charge in [-0.3, -0.25) is 24.4 Å². The highest BCUT2D eigenvalue weighted by Crippen LogP contribution is 2.50. The Labute approximate surface area is 182 Å². The number of anilines is 1. The van der Waals surface area contributed by atoms with Gasteiger partial charge in [-0.15, -0.1) is 0 Å². The van der Waals surface area contributed by atoms with E-state index < -0.39 is 34.9 Å². The number of aromatic nitrogens is 2. The van der Waals surface area contributed by atoms with Gasteiger partial charge in [-0.2, -0.15) is 0 Å². The van der Waals surface area contributed by atoms with Crippen LogP contribution in [-0.2, 0) is 15.2 Å². The average molecular weight is 434 g/mol. The minimum atomic E-state index is -1.74. The molecule has 0 bridgehead atoms. The third-order valence-corrected chi connectivity index (χ3v) is 6.41. The van der Waals surface area contributed by atoms with Crippen LogP contribution in [-0.4, -0.2) is 43.3 Å². The van der Waals surface area contributed by atoms with Crippen molar-refractivity contribution in [3.63, 3.8) is 0 Å². The summed E-state index contributed by atoms with van der Waals surface area (Å²) in [6.45, 7) is 3.42. The number of carboxylic acid groups (broad SMARTS) is 1. The van der Waals surface area contributed by atoms with Gasteiger partial charge >= 0.3 is 5.97 Å². The fourth-order valence-corrected chi connectivity index (χ4v) is 4.79. The average Bonchev–Trinajstić information content (AvgIpc) is 3.15. The third-order valence-electron chi connectivity index (χ3n) is 6.41. The van der Waals surface area contributed by atoms with Gasteiger partial charge in [0.05, 0.1) is 28.5 Å². The Kier molecular flexibility index (Phi) is 4.27. The Hall–Kier alpha value is -3.56. The maximum Gasteiger partial charge on any atom is 0.326 e. The molecule has 0 unspecified atom stereocenters. The van der Waals surface area contributed by atoms with Gasteiger partial charge in [-0.05, 0) is 32.0 Å². The number of hydrogen-bond acceptors (Lipinski definition) is 6. The Bertz CT molecular complexity index is 1330. The zero-order valence-corrected chi connectivity index (χ0v) is 17.5. The summed E-state index contributed by atoms with van der Waals surface area (Å²) in [4.78, 5) is 44.1. The first kappa shape index (κ1) is 20.3. The summed E-state index contributed by atoms with van der Waals surface area (Å²) in [6, 6.07) is 12.2. The van der Waals surface area contributed by atoms with Crippen molar-refractivity contribution >= 4 is 28.5 Å². The van der Waals surface area contributed by atoms with Crippen molar-refractivity contribution in [2.45, 2.75) is 43.6 Å². The van der Waals surface area contributed by atoms with Crippen LogP contribution in [0.2, 0.25) is 0 Å². The molecule has 1 fully saturated rings. The minimum absolute atomic E-state index is 0.220. The van der Waals surface area contributed by atoms with Crippen LogP contribution in [0.15, 0.2) is 59.7 Å². The molecule has 3 heterocycles. The molecule has 0 radical (unpaired) electrons. The molecule has 32 heavy (non-hydrogen) atoms. The predicted octanol–water partition coefficient (Wildman–Crippen LogP) is 1.35. The van der Waals surface area contributed by atoms with Gasteiger partial charge in [-0.1, -0.05) is 30.3 Å². The number of rotatable bonds is 4. The second-order valence-corrected chi connectivity index (χ2v) is 8.82. The number of aliphatic carboxylic acids is 1. The van der Waals surface area contributed by atoms with Gasteiger partial charge in [0.1, 0.15) is 17.8 Å². The van der Waals surface area contributed by atoms with Crippen LogP contribution >= 0.6 is 0 Å². The van der Waals surface area contributed by atoms with Crippen LogP contribution in [0.5, 0.6) is 0 Å². The summed E-state index contributed by atoms with van der Waals surface area (Å²) in [5.41, 5.74) is -1.77. The number of nitrogens with zero attached hydrogens (tertiary/aromatic N) is 3. The molecule has 1 aromatic heterocycles. The lowest BCUT2D eigenvalue weighted by Gasteiger charge is -2.33. The van der Waals surface area contributed by atoms with E-state index in [2.05, 4.69) is 10.3 Å². The van der Waals surface area contributed by atoms with E-state index in [1.54, 1.807) is 62.4 Å². The topological polar surface area (TPSA) is 125 Å². The Morgan fingerprint density at radius 3 is 2.59 bits per heavy atom. The lowest BCUT2D eigenvalue weighted by Crippen LogP contribution is -2.52. The molecule has 9 heteroatoms. The van der Waals surface area contributed by atoms with Gasteiger partial charge in [0.2, 0.25) is 5.91 Å². The number of carbonyl (C=O) groups excluding carboxylic acids is 1. The number of fused-ring (bicyclic) bond motifs is 4. The minimum Gasteiger partial charge on any atom is -0.480 e. The number of para-hydroxylation sites is 2. The monoisotopic (exact) mass is 434 g/mol. The first-order valence-corrected chi connectivity index (χ1v) is 10.3. The summed E-state index contributed by atoms with van der Waals surface area (Å²) < 4.78 is 1.04. The van der Waals surface area contributed by atoms with E-state index in [0.29, 0.717) is 16.8 Å². The number of benzene rings is 2. The molecule has 2 aliphatic heterocycles. The van der Waals surface area contributed by atoms with Gasteiger partial charge in [-0.25, -0.2) is 9.78 Å². The fraction of sp³-hybridized carbons (Fsp3) is 0.304. The van der Waals surface area contributed by atoms with Gasteiger partial charge in [0.25, 0.3) is 5.56 Å². The molecule has 9 nitrogen and oxygen atoms in total. The number of carbonyl (C=O) groups is 2. The maximum absolute atomic E-state index is 13.1. The first-order chi connectivity index (χ1) is 15.1. The molecule has 5 rings (SSSR count). The summed E-state index contributed by atoms with van der Waals surface area (Å²) in [5, 5.41) is 25.4. The molecule has 164 valence electrons. The summed E-state index contributed by atoms with van der Waals surface area (Å²) in [5.74, 6) is -1.50. The molecular weight excluding hydrogens is 412 g/mol. The molecular formula is C23H22N4O5. The summed E-state index contributed by atoms with van der Waals surface area (Å²) in [7, 11) is 0. The first-order valence-electron chi connectivity index (χ1n) is 10.3. The Morgan fingerprint density at radius 1 is 1.16 bits per heavy atom. The van der Waals surface area contributed by atoms with Crippen LogP contribution < -0.4 is 15.8 Å². The van der Waals surface area contributed by atoms with Crippen LogP contribution in [0, 0.1) is 0 Å². The highest BCUT2D eigenvalue weighted by Gasteiger charge is 2.61. The zero-order valence-electron chi connectivity index (χ0n) is 17.5. The molecule has 2 aliphatic rings. The largest absolute Gasteiger partial charge is 0.480 e. The van der Waals surface area contributed by atoms with Crippen LogP contribution in [0.3, 0.4) is 0 Å². The fourth-order valence-electron chi connectivity index (χ4n) is 4.79. The molecule has 1 amide bonds. The number of nitrogens with one attached hydrogen (secondary N) is 1. The van der Waals surface area contributed by atoms with Crippen LogP contribution in [0.1, 0.15) is 31.9 Å². The summed E-state index contributed by atoms with van der Waals surface area (Å²) in [6.07, 6.45) is -0.00673. The number of hydrogen-bond donors (Lipinski definition) is 3. The van der Waals surface area contributed by atoms with Crippen molar-refractivity contribution in [3.8, 4) is 0 Å².